The fourth-order valence-electron chi connectivity index (χ4n) is 3.53. The van der Waals surface area contributed by atoms with E-state index in [4.69, 9.17) is 5.11 Å². The number of fused-ring (bicyclic) bond motifs is 1. The van der Waals surface area contributed by atoms with E-state index in [1.54, 1.807) is 18.2 Å². The number of carboxylic acid groups (broad SMARTS) is 1. The standard InChI is InChI=1S/C21H20N4O2/c1-13-10-15-6-3-4-9-18(15)25(13)20-12-19(22-14(2)23-20)24-17-8-5-7-16(11-17)21(26)27/h3-9,11-13H,10H2,1-2H3,(H,26,27)(H,22,23,24). The Morgan fingerprint density at radius 1 is 1.15 bits per heavy atom. The first-order chi connectivity index (χ1) is 13.0. The second kappa shape index (κ2) is 6.72. The molecule has 0 spiro atoms. The molecule has 0 amide bonds. The molecule has 2 aromatic carbocycles. The summed E-state index contributed by atoms with van der Waals surface area (Å²) in [5.74, 6) is 1.16. The van der Waals surface area contributed by atoms with Crippen LogP contribution < -0.4 is 10.2 Å². The van der Waals surface area contributed by atoms with Crippen LogP contribution in [0.15, 0.2) is 54.6 Å². The van der Waals surface area contributed by atoms with Crippen LogP contribution in [-0.2, 0) is 6.42 Å². The lowest BCUT2D eigenvalue weighted by atomic mass is 10.1. The molecule has 27 heavy (non-hydrogen) atoms. The minimum Gasteiger partial charge on any atom is -0.478 e. The summed E-state index contributed by atoms with van der Waals surface area (Å²) >= 11 is 0. The maximum Gasteiger partial charge on any atom is 0.335 e. The molecule has 0 bridgehead atoms. The zero-order valence-electron chi connectivity index (χ0n) is 15.2. The maximum absolute atomic E-state index is 11.2. The number of para-hydroxylation sites is 1. The predicted molar refractivity (Wildman–Crippen MR) is 105 cm³/mol. The molecule has 6 heteroatoms. The molecule has 1 aliphatic heterocycles. The van der Waals surface area contributed by atoms with Crippen molar-refractivity contribution in [1.82, 2.24) is 9.97 Å². The van der Waals surface area contributed by atoms with Crippen molar-refractivity contribution in [3.05, 3.63) is 71.5 Å². The van der Waals surface area contributed by atoms with Crippen molar-refractivity contribution in [1.29, 1.82) is 0 Å². The number of carbonyl (C=O) groups is 1. The monoisotopic (exact) mass is 360 g/mol. The van der Waals surface area contributed by atoms with Gasteiger partial charge in [0.2, 0.25) is 0 Å². The van der Waals surface area contributed by atoms with Gasteiger partial charge in [-0.1, -0.05) is 24.3 Å². The van der Waals surface area contributed by atoms with Gasteiger partial charge in [-0.05, 0) is 50.1 Å². The van der Waals surface area contributed by atoms with Gasteiger partial charge in [-0.25, -0.2) is 14.8 Å². The number of rotatable bonds is 4. The smallest absolute Gasteiger partial charge is 0.335 e. The van der Waals surface area contributed by atoms with Crippen molar-refractivity contribution in [3.8, 4) is 0 Å². The van der Waals surface area contributed by atoms with Gasteiger partial charge in [0.1, 0.15) is 17.5 Å². The lowest BCUT2D eigenvalue weighted by Gasteiger charge is -2.24. The molecule has 1 unspecified atom stereocenters. The predicted octanol–water partition coefficient (Wildman–Crippen LogP) is 4.31. The van der Waals surface area contributed by atoms with Crippen molar-refractivity contribution in [2.75, 3.05) is 10.2 Å². The molecule has 1 aromatic heterocycles. The number of aromatic carboxylic acids is 1. The second-order valence-corrected chi connectivity index (χ2v) is 6.72. The molecule has 0 fully saturated rings. The van der Waals surface area contributed by atoms with E-state index >= 15 is 0 Å². The highest BCUT2D eigenvalue weighted by atomic mass is 16.4. The van der Waals surface area contributed by atoms with Gasteiger partial charge >= 0.3 is 5.97 Å². The number of carboxylic acids is 1. The molecule has 3 aromatic rings. The number of aromatic nitrogens is 2. The maximum atomic E-state index is 11.2. The summed E-state index contributed by atoms with van der Waals surface area (Å²) in [5.41, 5.74) is 3.38. The fraction of sp³-hybridized carbons (Fsp3) is 0.190. The average molecular weight is 360 g/mol. The van der Waals surface area contributed by atoms with Crippen molar-refractivity contribution < 1.29 is 9.90 Å². The van der Waals surface area contributed by atoms with Crippen molar-refractivity contribution in [3.63, 3.8) is 0 Å². The van der Waals surface area contributed by atoms with Crippen molar-refractivity contribution in [2.24, 2.45) is 0 Å². The number of hydrogen-bond donors (Lipinski definition) is 2. The van der Waals surface area contributed by atoms with E-state index in [0.717, 1.165) is 12.2 Å². The van der Waals surface area contributed by atoms with E-state index in [2.05, 4.69) is 45.3 Å². The Bertz CT molecular complexity index is 1020. The fourth-order valence-corrected chi connectivity index (χ4v) is 3.53. The molecular weight excluding hydrogens is 340 g/mol. The molecule has 1 atom stereocenters. The molecule has 2 heterocycles. The van der Waals surface area contributed by atoms with Crippen LogP contribution in [0.25, 0.3) is 0 Å². The quantitative estimate of drug-likeness (QED) is 0.722. The minimum absolute atomic E-state index is 0.230. The first-order valence-corrected chi connectivity index (χ1v) is 8.84. The van der Waals surface area contributed by atoms with E-state index in [-0.39, 0.29) is 5.56 Å². The van der Waals surface area contributed by atoms with Crippen LogP contribution >= 0.6 is 0 Å². The van der Waals surface area contributed by atoms with E-state index in [1.165, 1.54) is 11.3 Å². The van der Waals surface area contributed by atoms with Crippen LogP contribution in [0.4, 0.5) is 23.0 Å². The first-order valence-electron chi connectivity index (χ1n) is 8.84. The SMILES string of the molecule is Cc1nc(Nc2cccc(C(=O)O)c2)cc(N2c3ccccc3CC2C)n1. The Morgan fingerprint density at radius 3 is 2.78 bits per heavy atom. The van der Waals surface area contributed by atoms with E-state index < -0.39 is 5.97 Å². The molecule has 136 valence electrons. The van der Waals surface area contributed by atoms with Crippen molar-refractivity contribution in [2.45, 2.75) is 26.3 Å². The van der Waals surface area contributed by atoms with Gasteiger partial charge in [-0.2, -0.15) is 0 Å². The van der Waals surface area contributed by atoms with Crippen LogP contribution in [0.3, 0.4) is 0 Å². The minimum atomic E-state index is -0.958. The molecule has 1 aliphatic rings. The zero-order valence-corrected chi connectivity index (χ0v) is 15.2. The Kier molecular flexibility index (Phi) is 4.24. The zero-order chi connectivity index (χ0) is 19.0. The first kappa shape index (κ1) is 17.0. The van der Waals surface area contributed by atoms with Gasteiger partial charge < -0.3 is 15.3 Å². The van der Waals surface area contributed by atoms with Gasteiger partial charge in [0.05, 0.1) is 5.56 Å². The van der Waals surface area contributed by atoms with E-state index in [9.17, 15) is 4.79 Å². The Balaban J connectivity index is 1.69. The number of hydrogen-bond acceptors (Lipinski definition) is 5. The Hall–Kier alpha value is -3.41. The number of benzene rings is 2. The number of anilines is 4. The summed E-state index contributed by atoms with van der Waals surface area (Å²) < 4.78 is 0. The molecular formula is C21H20N4O2. The summed E-state index contributed by atoms with van der Waals surface area (Å²) in [5, 5.41) is 12.4. The molecule has 2 N–H and O–H groups in total. The Morgan fingerprint density at radius 2 is 1.96 bits per heavy atom. The third kappa shape index (κ3) is 3.33. The lowest BCUT2D eigenvalue weighted by Crippen LogP contribution is -2.25. The van der Waals surface area contributed by atoms with Crippen LogP contribution in [0.2, 0.25) is 0 Å². The molecule has 0 aliphatic carbocycles. The van der Waals surface area contributed by atoms with Crippen molar-refractivity contribution >= 4 is 29.0 Å². The molecule has 6 nitrogen and oxygen atoms in total. The normalized spacial score (nSPS) is 15.5. The van der Waals surface area contributed by atoms with Gasteiger partial charge in [0, 0.05) is 23.5 Å². The third-order valence-electron chi connectivity index (χ3n) is 4.66. The number of nitrogens with one attached hydrogen (secondary N) is 1. The summed E-state index contributed by atoms with van der Waals surface area (Å²) in [4.78, 5) is 22.5. The number of nitrogens with zero attached hydrogens (tertiary/aromatic N) is 3. The third-order valence-corrected chi connectivity index (χ3v) is 4.66. The van der Waals surface area contributed by atoms with Gasteiger partial charge in [-0.15, -0.1) is 0 Å². The molecule has 4 rings (SSSR count). The lowest BCUT2D eigenvalue weighted by molar-refractivity contribution is 0.0697. The van der Waals surface area contributed by atoms with Gasteiger partial charge in [-0.3, -0.25) is 0 Å². The van der Waals surface area contributed by atoms with Crippen LogP contribution in [-0.4, -0.2) is 27.1 Å². The summed E-state index contributed by atoms with van der Waals surface area (Å²) in [6, 6.07) is 17.2. The molecule has 0 saturated heterocycles. The number of aryl methyl sites for hydroxylation is 1. The van der Waals surface area contributed by atoms with Crippen LogP contribution in [0.1, 0.15) is 28.7 Å². The van der Waals surface area contributed by atoms with E-state index in [1.807, 2.05) is 25.1 Å². The highest BCUT2D eigenvalue weighted by Gasteiger charge is 2.28. The van der Waals surface area contributed by atoms with Crippen LogP contribution in [0, 0.1) is 6.92 Å². The highest BCUT2D eigenvalue weighted by molar-refractivity contribution is 5.89. The summed E-state index contributed by atoms with van der Waals surface area (Å²) in [6.07, 6.45) is 0.975. The molecule has 0 saturated carbocycles. The van der Waals surface area contributed by atoms with Gasteiger partial charge in [0.25, 0.3) is 0 Å². The largest absolute Gasteiger partial charge is 0.478 e. The summed E-state index contributed by atoms with van der Waals surface area (Å²) in [6.45, 7) is 4.04. The summed E-state index contributed by atoms with van der Waals surface area (Å²) in [7, 11) is 0. The van der Waals surface area contributed by atoms with Crippen LogP contribution in [0.5, 0.6) is 0 Å². The molecule has 0 radical (unpaired) electrons. The second-order valence-electron chi connectivity index (χ2n) is 6.72. The average Bonchev–Trinajstić information content (AvgIpc) is 2.97. The Labute approximate surface area is 157 Å². The van der Waals surface area contributed by atoms with Gasteiger partial charge in [0.15, 0.2) is 0 Å². The van der Waals surface area contributed by atoms with E-state index in [0.29, 0.717) is 23.4 Å². The topological polar surface area (TPSA) is 78.3 Å². The highest BCUT2D eigenvalue weighted by Crippen LogP contribution is 2.37.